The van der Waals surface area contributed by atoms with Crippen molar-refractivity contribution in [2.24, 2.45) is 0 Å². The van der Waals surface area contributed by atoms with Crippen LogP contribution >= 0.6 is 11.6 Å². The van der Waals surface area contributed by atoms with Crippen LogP contribution in [0.1, 0.15) is 18.1 Å². The topological polar surface area (TPSA) is 56.1 Å². The first-order chi connectivity index (χ1) is 12.5. The van der Waals surface area contributed by atoms with Crippen LogP contribution in [-0.2, 0) is 11.3 Å². The highest BCUT2D eigenvalue weighted by Gasteiger charge is 2.17. The van der Waals surface area contributed by atoms with E-state index >= 15 is 0 Å². The molecule has 0 aliphatic heterocycles. The molecule has 1 heterocycles. The van der Waals surface area contributed by atoms with Crippen LogP contribution < -0.4 is 10.1 Å². The number of aromatic nitrogens is 2. The van der Waals surface area contributed by atoms with Gasteiger partial charge in [-0.25, -0.2) is 4.68 Å². The molecule has 1 atom stereocenters. The predicted molar refractivity (Wildman–Crippen MR) is 103 cm³/mol. The van der Waals surface area contributed by atoms with E-state index < -0.39 is 6.10 Å². The lowest BCUT2D eigenvalue weighted by atomic mass is 10.2. The van der Waals surface area contributed by atoms with Crippen LogP contribution in [0.5, 0.6) is 5.75 Å². The maximum absolute atomic E-state index is 12.5. The fourth-order valence-corrected chi connectivity index (χ4v) is 2.72. The zero-order valence-corrected chi connectivity index (χ0v) is 15.4. The summed E-state index contributed by atoms with van der Waals surface area (Å²) < 4.78 is 7.41. The van der Waals surface area contributed by atoms with Crippen LogP contribution in [0.4, 0.5) is 5.82 Å². The van der Waals surface area contributed by atoms with Gasteiger partial charge in [0.05, 0.1) is 12.7 Å². The lowest BCUT2D eigenvalue weighted by Crippen LogP contribution is -2.31. The number of amides is 1. The summed E-state index contributed by atoms with van der Waals surface area (Å²) in [6, 6.07) is 16.9. The molecule has 0 saturated heterocycles. The Morgan fingerprint density at radius 3 is 2.81 bits per heavy atom. The second-order valence-electron chi connectivity index (χ2n) is 6.03. The van der Waals surface area contributed by atoms with E-state index in [1.165, 1.54) is 0 Å². The second-order valence-corrected chi connectivity index (χ2v) is 6.44. The second kappa shape index (κ2) is 8.06. The number of carbonyl (C=O) groups is 1. The van der Waals surface area contributed by atoms with Crippen molar-refractivity contribution in [2.75, 3.05) is 5.32 Å². The summed E-state index contributed by atoms with van der Waals surface area (Å²) in [5.74, 6) is 1.01. The van der Waals surface area contributed by atoms with Gasteiger partial charge in [0.2, 0.25) is 0 Å². The molecule has 2 aromatic carbocycles. The number of carbonyl (C=O) groups excluding carboxylic acids is 1. The highest BCUT2D eigenvalue weighted by atomic mass is 35.5. The molecular formula is C20H20ClN3O2. The van der Waals surface area contributed by atoms with Gasteiger partial charge in [-0.15, -0.1) is 0 Å². The van der Waals surface area contributed by atoms with Gasteiger partial charge in [-0.1, -0.05) is 41.9 Å². The van der Waals surface area contributed by atoms with Crippen molar-refractivity contribution in [3.05, 3.63) is 76.9 Å². The summed E-state index contributed by atoms with van der Waals surface area (Å²) in [5, 5.41) is 7.78. The Bertz CT molecular complexity index is 907. The molecule has 0 saturated carbocycles. The molecule has 0 radical (unpaired) electrons. The smallest absolute Gasteiger partial charge is 0.266 e. The third-order valence-electron chi connectivity index (χ3n) is 3.92. The van der Waals surface area contributed by atoms with Gasteiger partial charge in [0.15, 0.2) is 6.10 Å². The van der Waals surface area contributed by atoms with Gasteiger partial charge in [0.25, 0.3) is 5.91 Å². The number of halogens is 1. The number of hydrogen-bond acceptors (Lipinski definition) is 3. The molecular weight excluding hydrogens is 350 g/mol. The van der Waals surface area contributed by atoms with Crippen molar-refractivity contribution in [1.29, 1.82) is 0 Å². The molecule has 6 heteroatoms. The Morgan fingerprint density at radius 1 is 1.23 bits per heavy atom. The number of nitrogens with zero attached hydrogens (tertiary/aromatic N) is 2. The molecule has 0 aliphatic carbocycles. The van der Waals surface area contributed by atoms with Crippen molar-refractivity contribution in [3.8, 4) is 5.75 Å². The maximum Gasteiger partial charge on any atom is 0.266 e. The standard InChI is InChI=1S/C20H20ClN3O2/c1-14-6-5-8-17(12-14)26-15(2)20(25)23-19-10-11-22-24(19)13-16-7-3-4-9-18(16)21/h3-12,15H,13H2,1-2H3,(H,23,25). The van der Waals surface area contributed by atoms with Gasteiger partial charge < -0.3 is 10.1 Å². The number of nitrogens with one attached hydrogen (secondary N) is 1. The molecule has 0 bridgehead atoms. The Hall–Kier alpha value is -2.79. The molecule has 26 heavy (non-hydrogen) atoms. The maximum atomic E-state index is 12.5. The van der Waals surface area contributed by atoms with Crippen LogP contribution in [-0.4, -0.2) is 21.8 Å². The first-order valence-corrected chi connectivity index (χ1v) is 8.70. The monoisotopic (exact) mass is 369 g/mol. The van der Waals surface area contributed by atoms with E-state index in [9.17, 15) is 4.79 Å². The fourth-order valence-electron chi connectivity index (χ4n) is 2.53. The Balaban J connectivity index is 1.66. The SMILES string of the molecule is Cc1cccc(OC(C)C(=O)Nc2ccnn2Cc2ccccc2Cl)c1. The molecule has 3 rings (SSSR count). The van der Waals surface area contributed by atoms with Crippen LogP contribution in [0.15, 0.2) is 60.8 Å². The number of hydrogen-bond donors (Lipinski definition) is 1. The summed E-state index contributed by atoms with van der Waals surface area (Å²) in [5.41, 5.74) is 2.00. The molecule has 1 amide bonds. The van der Waals surface area contributed by atoms with E-state index in [2.05, 4.69) is 10.4 Å². The Labute approximate surface area is 157 Å². The van der Waals surface area contributed by atoms with E-state index in [-0.39, 0.29) is 5.91 Å². The quantitative estimate of drug-likeness (QED) is 0.704. The van der Waals surface area contributed by atoms with E-state index in [0.717, 1.165) is 11.1 Å². The first-order valence-electron chi connectivity index (χ1n) is 8.32. The fraction of sp³-hybridized carbons (Fsp3) is 0.200. The van der Waals surface area contributed by atoms with Crippen LogP contribution in [0, 0.1) is 6.92 Å². The van der Waals surface area contributed by atoms with Crippen molar-refractivity contribution < 1.29 is 9.53 Å². The number of rotatable bonds is 6. The zero-order valence-electron chi connectivity index (χ0n) is 14.6. The number of aryl methyl sites for hydroxylation is 1. The Kier molecular flexibility index (Phi) is 5.58. The van der Waals surface area contributed by atoms with Crippen LogP contribution in [0.2, 0.25) is 5.02 Å². The van der Waals surface area contributed by atoms with Gasteiger partial charge in [0, 0.05) is 11.1 Å². The highest BCUT2D eigenvalue weighted by Crippen LogP contribution is 2.19. The third kappa shape index (κ3) is 4.43. The highest BCUT2D eigenvalue weighted by molar-refractivity contribution is 6.31. The minimum Gasteiger partial charge on any atom is -0.481 e. The van der Waals surface area contributed by atoms with Gasteiger partial charge in [0.1, 0.15) is 11.6 Å². The van der Waals surface area contributed by atoms with Crippen molar-refractivity contribution in [1.82, 2.24) is 9.78 Å². The van der Waals surface area contributed by atoms with E-state index in [4.69, 9.17) is 16.3 Å². The zero-order chi connectivity index (χ0) is 18.5. The van der Waals surface area contributed by atoms with Crippen molar-refractivity contribution in [2.45, 2.75) is 26.5 Å². The van der Waals surface area contributed by atoms with Gasteiger partial charge in [-0.3, -0.25) is 4.79 Å². The van der Waals surface area contributed by atoms with Gasteiger partial charge >= 0.3 is 0 Å². The summed E-state index contributed by atoms with van der Waals surface area (Å²) >= 11 is 6.20. The third-order valence-corrected chi connectivity index (χ3v) is 4.29. The lowest BCUT2D eigenvalue weighted by Gasteiger charge is -2.16. The van der Waals surface area contributed by atoms with Crippen LogP contribution in [0.25, 0.3) is 0 Å². The molecule has 0 spiro atoms. The summed E-state index contributed by atoms with van der Waals surface area (Å²) in [7, 11) is 0. The first kappa shape index (κ1) is 18.0. The molecule has 0 fully saturated rings. The van der Waals surface area contributed by atoms with Crippen LogP contribution in [0.3, 0.4) is 0 Å². The normalized spacial score (nSPS) is 11.8. The molecule has 1 N–H and O–H groups in total. The molecule has 0 aliphatic rings. The van der Waals surface area contributed by atoms with Crippen molar-refractivity contribution >= 4 is 23.3 Å². The summed E-state index contributed by atoms with van der Waals surface area (Å²) in [4.78, 5) is 12.5. The molecule has 5 nitrogen and oxygen atoms in total. The van der Waals surface area contributed by atoms with E-state index in [0.29, 0.717) is 23.1 Å². The largest absolute Gasteiger partial charge is 0.481 e. The summed E-state index contributed by atoms with van der Waals surface area (Å²) in [6.07, 6.45) is 0.999. The predicted octanol–water partition coefficient (Wildman–Crippen LogP) is 4.30. The number of anilines is 1. The lowest BCUT2D eigenvalue weighted by molar-refractivity contribution is -0.122. The molecule has 1 unspecified atom stereocenters. The number of ether oxygens (including phenoxy) is 1. The minimum atomic E-state index is -0.638. The average Bonchev–Trinajstić information content (AvgIpc) is 3.03. The van der Waals surface area contributed by atoms with Crippen molar-refractivity contribution in [3.63, 3.8) is 0 Å². The summed E-state index contributed by atoms with van der Waals surface area (Å²) in [6.45, 7) is 4.16. The van der Waals surface area contributed by atoms with E-state index in [1.807, 2.05) is 55.5 Å². The average molecular weight is 370 g/mol. The molecule has 134 valence electrons. The Morgan fingerprint density at radius 2 is 2.04 bits per heavy atom. The van der Waals surface area contributed by atoms with Gasteiger partial charge in [-0.05, 0) is 43.2 Å². The van der Waals surface area contributed by atoms with E-state index in [1.54, 1.807) is 23.9 Å². The minimum absolute atomic E-state index is 0.243. The number of benzene rings is 2. The molecule has 1 aromatic heterocycles. The molecule has 3 aromatic rings. The van der Waals surface area contributed by atoms with Gasteiger partial charge in [-0.2, -0.15) is 5.10 Å².